The molecule has 1 heterocycles. The minimum absolute atomic E-state index is 0.0359. The molecule has 4 N–H and O–H groups in total. The van der Waals surface area contributed by atoms with E-state index >= 15 is 0 Å². The lowest BCUT2D eigenvalue weighted by Crippen LogP contribution is -2.35. The summed E-state index contributed by atoms with van der Waals surface area (Å²) in [4.78, 5) is 37.1. The number of hydrogen-bond donors (Lipinski definition) is 3. The number of carbonyl (C=O) groups is 3. The van der Waals surface area contributed by atoms with Gasteiger partial charge in [-0.05, 0) is 47.7 Å². The topological polar surface area (TPSA) is 131 Å². The number of benzene rings is 3. The van der Waals surface area contributed by atoms with Crippen molar-refractivity contribution in [3.8, 4) is 11.5 Å². The van der Waals surface area contributed by atoms with Crippen LogP contribution in [-0.4, -0.2) is 36.7 Å². The first-order chi connectivity index (χ1) is 19.6. The second kappa shape index (κ2) is 14.3. The second-order valence-electron chi connectivity index (χ2n) is 10.2. The van der Waals surface area contributed by atoms with E-state index in [2.05, 4.69) is 5.32 Å². The number of fused-ring (bicyclic) bond motifs is 1. The van der Waals surface area contributed by atoms with Gasteiger partial charge in [-0.3, -0.25) is 14.4 Å². The molecule has 0 saturated heterocycles. The minimum atomic E-state index is -0.612. The van der Waals surface area contributed by atoms with E-state index in [9.17, 15) is 14.7 Å². The molecule has 0 spiro atoms. The van der Waals surface area contributed by atoms with E-state index in [0.717, 1.165) is 17.0 Å². The first-order valence-electron chi connectivity index (χ1n) is 12.9. The number of primary amides is 1. The molecule has 1 aliphatic heterocycles. The summed E-state index contributed by atoms with van der Waals surface area (Å²) in [6.45, 7) is 6.53. The number of phenolic OH excluding ortho intramolecular Hbond substituents is 1. The Labute approximate surface area is 244 Å². The van der Waals surface area contributed by atoms with Crippen molar-refractivity contribution in [3.63, 3.8) is 0 Å². The van der Waals surface area contributed by atoms with E-state index in [1.807, 2.05) is 75.2 Å². The van der Waals surface area contributed by atoms with Crippen LogP contribution in [-0.2, 0) is 25.8 Å². The zero-order chi connectivity index (χ0) is 30.0. The van der Waals surface area contributed by atoms with Crippen molar-refractivity contribution in [1.29, 1.82) is 0 Å². The summed E-state index contributed by atoms with van der Waals surface area (Å²) < 4.78 is 5.59. The summed E-state index contributed by atoms with van der Waals surface area (Å²) in [6.07, 6.45) is 1.13. The molecule has 3 aromatic rings. The number of hydroxylamine groups is 1. The highest BCUT2D eigenvalue weighted by atomic mass is 35.5. The summed E-state index contributed by atoms with van der Waals surface area (Å²) in [5, 5.41) is 15.6. The third-order valence-corrected chi connectivity index (χ3v) is 6.50. The van der Waals surface area contributed by atoms with Gasteiger partial charge in [-0.15, -0.1) is 0 Å². The van der Waals surface area contributed by atoms with Crippen molar-refractivity contribution < 1.29 is 29.1 Å². The van der Waals surface area contributed by atoms with Gasteiger partial charge >= 0.3 is 0 Å². The van der Waals surface area contributed by atoms with Crippen molar-refractivity contribution in [2.24, 2.45) is 11.1 Å². The zero-order valence-electron chi connectivity index (χ0n) is 23.1. The lowest BCUT2D eigenvalue weighted by atomic mass is 9.76. The molecule has 2 aliphatic rings. The Balaban J connectivity index is 0.000000233. The number of nitrogens with zero attached hydrogens (tertiary/aromatic N) is 1. The summed E-state index contributed by atoms with van der Waals surface area (Å²) >= 11 is 5.85. The molecule has 5 rings (SSSR count). The number of aromatic hydroxyl groups is 1. The highest BCUT2D eigenvalue weighted by Gasteiger charge is 2.36. The van der Waals surface area contributed by atoms with Crippen LogP contribution in [0.5, 0.6) is 11.5 Å². The third-order valence-electron chi connectivity index (χ3n) is 6.27. The number of para-hydroxylation sites is 1. The zero-order valence-corrected chi connectivity index (χ0v) is 23.8. The number of ether oxygens (including phenoxy) is 1. The first-order valence-corrected chi connectivity index (χ1v) is 13.2. The van der Waals surface area contributed by atoms with Crippen molar-refractivity contribution in [2.45, 2.75) is 33.3 Å². The Morgan fingerprint density at radius 1 is 1.07 bits per heavy atom. The van der Waals surface area contributed by atoms with Gasteiger partial charge in [0.2, 0.25) is 5.91 Å². The molecule has 0 aromatic heterocycles. The fraction of sp³-hybridized carbons (Fsp3) is 0.258. The van der Waals surface area contributed by atoms with E-state index in [0.29, 0.717) is 41.4 Å². The van der Waals surface area contributed by atoms with E-state index in [4.69, 9.17) is 31.7 Å². The smallest absolute Gasteiger partial charge is 0.246 e. The largest absolute Gasteiger partial charge is 0.506 e. The molecule has 0 bridgehead atoms. The lowest BCUT2D eigenvalue weighted by Gasteiger charge is -2.32. The number of Topliss-reactive ketones (excluding diaryl/α,β-unsaturated/α-hetero) is 1. The highest BCUT2D eigenvalue weighted by molar-refractivity contribution is 6.30. The molecule has 41 heavy (non-hydrogen) atoms. The van der Waals surface area contributed by atoms with Gasteiger partial charge < -0.3 is 25.7 Å². The fourth-order valence-corrected chi connectivity index (χ4v) is 4.64. The molecule has 1 aliphatic carbocycles. The Morgan fingerprint density at radius 2 is 1.78 bits per heavy atom. The number of phenols is 1. The normalized spacial score (nSPS) is 15.0. The predicted octanol–water partition coefficient (Wildman–Crippen LogP) is 5.42. The summed E-state index contributed by atoms with van der Waals surface area (Å²) in [5.74, 6) is 0.268. The number of carbonyl (C=O) groups excluding carboxylic acids is 3. The summed E-state index contributed by atoms with van der Waals surface area (Å²) in [5.41, 5.74) is 8.55. The maximum Gasteiger partial charge on any atom is 0.246 e. The van der Waals surface area contributed by atoms with Crippen molar-refractivity contribution in [1.82, 2.24) is 0 Å². The summed E-state index contributed by atoms with van der Waals surface area (Å²) in [7, 11) is 0. The second-order valence-corrected chi connectivity index (χ2v) is 10.6. The number of nitrogens with one attached hydrogen (secondary N) is 1. The van der Waals surface area contributed by atoms with Crippen LogP contribution in [0.25, 0.3) is 0 Å². The van der Waals surface area contributed by atoms with Crippen LogP contribution in [0.15, 0.2) is 84.1 Å². The monoisotopic (exact) mass is 579 g/mol. The van der Waals surface area contributed by atoms with Gasteiger partial charge in [0.15, 0.2) is 12.4 Å². The van der Waals surface area contributed by atoms with E-state index in [1.54, 1.807) is 18.2 Å². The standard InChI is InChI=1S/C17H21N3O4.C13H11ClO.CH2O/c1-17(2)6-11-10(14(22)7-17)8-20(24-9-15(18)23)12-4-3-5-13(21)16(12)19-11;14-12-7-4-8-13(9-12)15-10-11-5-2-1-3-6-11;1-2/h3-5,19,21H,6-9H2,1-2H3,(H2,18,23);1-9H,10H2;1H2. The molecule has 216 valence electrons. The van der Waals surface area contributed by atoms with Crippen LogP contribution in [0, 0.1) is 5.41 Å². The van der Waals surface area contributed by atoms with Crippen LogP contribution in [0.3, 0.4) is 0 Å². The van der Waals surface area contributed by atoms with Crippen LogP contribution in [0.2, 0.25) is 5.02 Å². The SMILES string of the molecule is C=O.CC1(C)CC(=O)C2=C(C1)Nc1c(O)cccc1N(OCC(N)=O)C2.Clc1cccc(OCc2ccccc2)c1. The van der Waals surface area contributed by atoms with Gasteiger partial charge in [0.05, 0.1) is 12.2 Å². The molecular weight excluding hydrogens is 546 g/mol. The van der Waals surface area contributed by atoms with Crippen LogP contribution in [0.4, 0.5) is 11.4 Å². The molecular formula is C31H34ClN3O6. The van der Waals surface area contributed by atoms with Crippen LogP contribution < -0.4 is 20.9 Å². The fourth-order valence-electron chi connectivity index (χ4n) is 4.46. The van der Waals surface area contributed by atoms with Crippen LogP contribution >= 0.6 is 11.6 Å². The molecule has 9 nitrogen and oxygen atoms in total. The lowest BCUT2D eigenvalue weighted by molar-refractivity contribution is -0.123. The van der Waals surface area contributed by atoms with Gasteiger partial charge in [-0.1, -0.05) is 67.9 Å². The number of allylic oxidation sites excluding steroid dienone is 1. The molecule has 0 unspecified atom stereocenters. The Bertz CT molecular complexity index is 1390. The van der Waals surface area contributed by atoms with Gasteiger partial charge in [0.25, 0.3) is 0 Å². The molecule has 0 atom stereocenters. The first kappa shape index (κ1) is 31.2. The molecule has 0 saturated carbocycles. The third kappa shape index (κ3) is 8.83. The van der Waals surface area contributed by atoms with Crippen molar-refractivity contribution in [3.05, 3.63) is 94.7 Å². The molecule has 10 heteroatoms. The van der Waals surface area contributed by atoms with E-state index in [1.165, 1.54) is 5.06 Å². The van der Waals surface area contributed by atoms with Crippen LogP contribution in [0.1, 0.15) is 32.3 Å². The Kier molecular flexibility index (Phi) is 10.9. The van der Waals surface area contributed by atoms with Crippen molar-refractivity contribution >= 4 is 41.5 Å². The number of hydrogen-bond acceptors (Lipinski definition) is 8. The van der Waals surface area contributed by atoms with Gasteiger partial charge in [-0.25, -0.2) is 5.06 Å². The van der Waals surface area contributed by atoms with E-state index < -0.39 is 5.91 Å². The highest BCUT2D eigenvalue weighted by Crippen LogP contribution is 2.44. The van der Waals surface area contributed by atoms with E-state index in [-0.39, 0.29) is 30.1 Å². The molecule has 0 radical (unpaired) electrons. The number of nitrogens with two attached hydrogens (primary N) is 1. The predicted molar refractivity (Wildman–Crippen MR) is 159 cm³/mol. The molecule has 0 fully saturated rings. The van der Waals surface area contributed by atoms with Gasteiger partial charge in [0.1, 0.15) is 30.6 Å². The average Bonchev–Trinajstić information content (AvgIpc) is 3.10. The van der Waals surface area contributed by atoms with Crippen molar-refractivity contribution in [2.75, 3.05) is 23.5 Å². The number of amides is 1. The minimum Gasteiger partial charge on any atom is -0.506 e. The maximum atomic E-state index is 12.6. The molecule has 1 amide bonds. The number of rotatable bonds is 6. The molecule has 3 aromatic carbocycles. The summed E-state index contributed by atoms with van der Waals surface area (Å²) in [6, 6.07) is 22.4. The van der Waals surface area contributed by atoms with Gasteiger partial charge in [0, 0.05) is 22.7 Å². The number of halogens is 1. The number of ketones is 1. The average molecular weight is 580 g/mol. The quantitative estimate of drug-likeness (QED) is 0.330. The maximum absolute atomic E-state index is 12.6. The van der Waals surface area contributed by atoms with Gasteiger partial charge in [-0.2, -0.15) is 0 Å². The Morgan fingerprint density at radius 3 is 2.46 bits per heavy atom. The number of anilines is 2. The Hall–Kier alpha value is -4.34.